The van der Waals surface area contributed by atoms with Crippen molar-refractivity contribution in [1.82, 2.24) is 25.2 Å². The SMILES string of the molecule is CN=C(NCc1ccc2c(c1)CCCN2C)NCc1nnc2ccccn12.I. The van der Waals surface area contributed by atoms with Crippen LogP contribution in [0.2, 0.25) is 0 Å². The number of rotatable bonds is 4. The van der Waals surface area contributed by atoms with Crippen LogP contribution in [0.25, 0.3) is 5.65 Å². The second kappa shape index (κ2) is 9.22. The molecule has 0 saturated heterocycles. The molecule has 0 aliphatic carbocycles. The molecule has 0 amide bonds. The summed E-state index contributed by atoms with van der Waals surface area (Å²) in [6.45, 7) is 2.43. The summed E-state index contributed by atoms with van der Waals surface area (Å²) in [6, 6.07) is 12.6. The summed E-state index contributed by atoms with van der Waals surface area (Å²) in [5.74, 6) is 1.60. The van der Waals surface area contributed by atoms with Crippen LogP contribution in [0.5, 0.6) is 0 Å². The molecule has 7 nitrogen and oxygen atoms in total. The molecule has 2 N–H and O–H groups in total. The Labute approximate surface area is 182 Å². The molecule has 2 aromatic heterocycles. The number of benzene rings is 1. The van der Waals surface area contributed by atoms with Crippen molar-refractivity contribution in [3.8, 4) is 0 Å². The van der Waals surface area contributed by atoms with Crippen molar-refractivity contribution in [2.75, 3.05) is 25.5 Å². The molecule has 0 spiro atoms. The van der Waals surface area contributed by atoms with Crippen LogP contribution in [0.4, 0.5) is 5.69 Å². The van der Waals surface area contributed by atoms with Gasteiger partial charge in [0.05, 0.1) is 6.54 Å². The highest BCUT2D eigenvalue weighted by Gasteiger charge is 2.13. The zero-order valence-corrected chi connectivity index (χ0v) is 18.6. The number of nitrogens with zero attached hydrogens (tertiary/aromatic N) is 5. The summed E-state index contributed by atoms with van der Waals surface area (Å²) in [6.07, 6.45) is 4.34. The first-order valence-electron chi connectivity index (χ1n) is 9.30. The molecule has 3 aromatic rings. The predicted octanol–water partition coefficient (Wildman–Crippen LogP) is 2.59. The van der Waals surface area contributed by atoms with Gasteiger partial charge in [-0.3, -0.25) is 9.39 Å². The van der Waals surface area contributed by atoms with Crippen molar-refractivity contribution >= 4 is 41.3 Å². The fourth-order valence-electron chi connectivity index (χ4n) is 3.53. The molecule has 8 heteroatoms. The quantitative estimate of drug-likeness (QED) is 0.334. The monoisotopic (exact) mass is 491 g/mol. The van der Waals surface area contributed by atoms with Crippen molar-refractivity contribution in [1.29, 1.82) is 0 Å². The smallest absolute Gasteiger partial charge is 0.191 e. The topological polar surface area (TPSA) is 69.8 Å². The number of guanidine groups is 1. The van der Waals surface area contributed by atoms with Crippen LogP contribution in [-0.4, -0.2) is 41.2 Å². The molecule has 4 rings (SSSR count). The van der Waals surface area contributed by atoms with Gasteiger partial charge in [0.25, 0.3) is 0 Å². The highest BCUT2D eigenvalue weighted by molar-refractivity contribution is 14.0. The molecule has 0 fully saturated rings. The molecule has 0 radical (unpaired) electrons. The van der Waals surface area contributed by atoms with E-state index in [-0.39, 0.29) is 24.0 Å². The van der Waals surface area contributed by atoms with E-state index >= 15 is 0 Å². The number of halogens is 1. The molecule has 148 valence electrons. The molecule has 0 unspecified atom stereocenters. The zero-order valence-electron chi connectivity index (χ0n) is 16.2. The Hall–Kier alpha value is -2.36. The van der Waals surface area contributed by atoms with Crippen LogP contribution in [-0.2, 0) is 19.5 Å². The van der Waals surface area contributed by atoms with E-state index in [0.29, 0.717) is 6.54 Å². The van der Waals surface area contributed by atoms with Gasteiger partial charge in [-0.2, -0.15) is 0 Å². The van der Waals surface area contributed by atoms with Crippen LogP contribution in [0.15, 0.2) is 47.6 Å². The number of fused-ring (bicyclic) bond motifs is 2. The molecular weight excluding hydrogens is 465 g/mol. The first-order valence-corrected chi connectivity index (χ1v) is 9.30. The lowest BCUT2D eigenvalue weighted by Gasteiger charge is -2.28. The van der Waals surface area contributed by atoms with E-state index in [4.69, 9.17) is 0 Å². The summed E-state index contributed by atoms with van der Waals surface area (Å²) >= 11 is 0. The number of nitrogens with one attached hydrogen (secondary N) is 2. The maximum Gasteiger partial charge on any atom is 0.191 e. The molecule has 0 bridgehead atoms. The average molecular weight is 491 g/mol. The van der Waals surface area contributed by atoms with E-state index in [9.17, 15) is 0 Å². The van der Waals surface area contributed by atoms with E-state index in [1.807, 2.05) is 28.8 Å². The molecular formula is C20H26IN7. The highest BCUT2D eigenvalue weighted by Crippen LogP contribution is 2.26. The van der Waals surface area contributed by atoms with Crippen LogP contribution in [0.1, 0.15) is 23.4 Å². The molecule has 1 aliphatic heterocycles. The van der Waals surface area contributed by atoms with Crippen molar-refractivity contribution in [2.45, 2.75) is 25.9 Å². The number of hydrogen-bond acceptors (Lipinski definition) is 4. The van der Waals surface area contributed by atoms with Crippen molar-refractivity contribution in [3.05, 3.63) is 59.5 Å². The summed E-state index contributed by atoms with van der Waals surface area (Å²) in [7, 11) is 3.94. The summed E-state index contributed by atoms with van der Waals surface area (Å²) < 4.78 is 1.97. The third-order valence-electron chi connectivity index (χ3n) is 4.98. The van der Waals surface area contributed by atoms with Crippen LogP contribution < -0.4 is 15.5 Å². The molecule has 3 heterocycles. The Bertz CT molecular complexity index is 966. The van der Waals surface area contributed by atoms with Gasteiger partial charge in [0.2, 0.25) is 0 Å². The minimum absolute atomic E-state index is 0. The van der Waals surface area contributed by atoms with Crippen molar-refractivity contribution < 1.29 is 0 Å². The zero-order chi connectivity index (χ0) is 18.6. The van der Waals surface area contributed by atoms with E-state index in [1.54, 1.807) is 7.05 Å². The normalized spacial score (nSPS) is 13.8. The Kier molecular flexibility index (Phi) is 6.71. The maximum absolute atomic E-state index is 4.31. The molecule has 28 heavy (non-hydrogen) atoms. The van der Waals surface area contributed by atoms with E-state index < -0.39 is 0 Å². The molecule has 1 aromatic carbocycles. The Morgan fingerprint density at radius 3 is 2.86 bits per heavy atom. The van der Waals surface area contributed by atoms with Gasteiger partial charge in [0.1, 0.15) is 0 Å². The van der Waals surface area contributed by atoms with Gasteiger partial charge in [0, 0.05) is 39.1 Å². The van der Waals surface area contributed by atoms with Gasteiger partial charge in [-0.15, -0.1) is 34.2 Å². The Balaban J connectivity index is 0.00000225. The first kappa shape index (κ1) is 20.4. The van der Waals surface area contributed by atoms with Gasteiger partial charge in [-0.25, -0.2) is 0 Å². The number of aliphatic imine (C=N–C) groups is 1. The van der Waals surface area contributed by atoms with Gasteiger partial charge in [-0.05, 0) is 42.2 Å². The predicted molar refractivity (Wildman–Crippen MR) is 123 cm³/mol. The van der Waals surface area contributed by atoms with Crippen LogP contribution >= 0.6 is 24.0 Å². The standard InChI is InChI=1S/C20H25N7.HI/c1-21-20(23-14-19-25-24-18-7-3-4-11-27(18)19)22-13-15-8-9-17-16(12-15)6-5-10-26(17)2;/h3-4,7-9,11-12H,5-6,10,13-14H2,1-2H3,(H2,21,22,23);1H. The van der Waals surface area contributed by atoms with Crippen LogP contribution in [0, 0.1) is 0 Å². The summed E-state index contributed by atoms with van der Waals surface area (Å²) in [4.78, 5) is 6.64. The highest BCUT2D eigenvalue weighted by atomic mass is 127. The Morgan fingerprint density at radius 2 is 2.00 bits per heavy atom. The minimum atomic E-state index is 0. The summed E-state index contributed by atoms with van der Waals surface area (Å²) in [5, 5.41) is 15.1. The summed E-state index contributed by atoms with van der Waals surface area (Å²) in [5.41, 5.74) is 4.89. The van der Waals surface area contributed by atoms with Crippen molar-refractivity contribution in [3.63, 3.8) is 0 Å². The number of pyridine rings is 1. The number of aryl methyl sites for hydroxylation is 1. The fraction of sp³-hybridized carbons (Fsp3) is 0.350. The number of anilines is 1. The maximum atomic E-state index is 4.31. The minimum Gasteiger partial charge on any atom is -0.374 e. The molecule has 0 saturated carbocycles. The lowest BCUT2D eigenvalue weighted by atomic mass is 9.99. The average Bonchev–Trinajstić information content (AvgIpc) is 3.11. The van der Waals surface area contributed by atoms with Crippen LogP contribution in [0.3, 0.4) is 0 Å². The van der Waals surface area contributed by atoms with E-state index in [0.717, 1.165) is 36.9 Å². The van der Waals surface area contributed by atoms with Gasteiger partial charge in [-0.1, -0.05) is 18.2 Å². The van der Waals surface area contributed by atoms with Gasteiger partial charge in [0.15, 0.2) is 17.4 Å². The van der Waals surface area contributed by atoms with E-state index in [2.05, 4.69) is 56.0 Å². The first-order chi connectivity index (χ1) is 13.2. The number of hydrogen-bond donors (Lipinski definition) is 2. The fourth-order valence-corrected chi connectivity index (χ4v) is 3.53. The van der Waals surface area contributed by atoms with Gasteiger partial charge >= 0.3 is 0 Å². The molecule has 1 aliphatic rings. The lowest BCUT2D eigenvalue weighted by molar-refractivity contribution is 0.738. The third kappa shape index (κ3) is 4.37. The Morgan fingerprint density at radius 1 is 1.14 bits per heavy atom. The van der Waals surface area contributed by atoms with Crippen molar-refractivity contribution in [2.24, 2.45) is 4.99 Å². The second-order valence-corrected chi connectivity index (χ2v) is 6.81. The van der Waals surface area contributed by atoms with E-state index in [1.165, 1.54) is 23.2 Å². The molecule has 0 atom stereocenters. The number of aromatic nitrogens is 3. The third-order valence-corrected chi connectivity index (χ3v) is 4.98. The van der Waals surface area contributed by atoms with Gasteiger partial charge < -0.3 is 15.5 Å². The second-order valence-electron chi connectivity index (χ2n) is 6.81. The largest absolute Gasteiger partial charge is 0.374 e. The lowest BCUT2D eigenvalue weighted by Crippen LogP contribution is -2.36.